The summed E-state index contributed by atoms with van der Waals surface area (Å²) < 4.78 is 3.37. The third-order valence-electron chi connectivity index (χ3n) is 5.71. The normalized spacial score (nSPS) is 14.1. The van der Waals surface area contributed by atoms with Crippen LogP contribution in [-0.4, -0.2) is 35.8 Å². The Kier molecular flexibility index (Phi) is 6.28. The van der Waals surface area contributed by atoms with Crippen molar-refractivity contribution in [3.8, 4) is 0 Å². The Bertz CT molecular complexity index is 1380. The zero-order valence-electron chi connectivity index (χ0n) is 18.1. The molecule has 0 unspecified atom stereocenters. The summed E-state index contributed by atoms with van der Waals surface area (Å²) in [6.07, 6.45) is 8.54. The van der Waals surface area contributed by atoms with Gasteiger partial charge in [-0.2, -0.15) is 0 Å². The molecule has 1 aliphatic rings. The van der Waals surface area contributed by atoms with Gasteiger partial charge in [0, 0.05) is 11.4 Å². The quantitative estimate of drug-likeness (QED) is 0.330. The van der Waals surface area contributed by atoms with Crippen LogP contribution in [0.5, 0.6) is 0 Å². The van der Waals surface area contributed by atoms with Gasteiger partial charge < -0.3 is 5.32 Å². The fourth-order valence-corrected chi connectivity index (χ4v) is 5.97. The molecule has 3 aromatic heterocycles. The largest absolute Gasteiger partial charge is 0.301 e. The number of allylic oxidation sites excluding steroid dienone is 1. The van der Waals surface area contributed by atoms with Crippen molar-refractivity contribution in [1.29, 1.82) is 0 Å². The summed E-state index contributed by atoms with van der Waals surface area (Å²) in [6.45, 7) is 4.07. The molecule has 0 atom stereocenters. The molecule has 8 nitrogen and oxygen atoms in total. The summed E-state index contributed by atoms with van der Waals surface area (Å²) >= 11 is 2.88. The van der Waals surface area contributed by atoms with Gasteiger partial charge in [0.15, 0.2) is 10.3 Å². The number of hydrogen-bond acceptors (Lipinski definition) is 7. The van der Waals surface area contributed by atoms with Crippen molar-refractivity contribution in [1.82, 2.24) is 24.1 Å². The third kappa shape index (κ3) is 4.32. The van der Waals surface area contributed by atoms with Crippen molar-refractivity contribution < 1.29 is 4.79 Å². The van der Waals surface area contributed by atoms with Crippen LogP contribution >= 0.6 is 23.1 Å². The summed E-state index contributed by atoms with van der Waals surface area (Å²) in [5, 5.41) is 13.3. The van der Waals surface area contributed by atoms with E-state index in [-0.39, 0.29) is 17.2 Å². The topological polar surface area (TPSA) is 94.2 Å². The summed E-state index contributed by atoms with van der Waals surface area (Å²) in [5.41, 5.74) is 1.71. The number of thioether (sulfide) groups is 1. The molecule has 0 spiro atoms. The molecule has 0 bridgehead atoms. The molecule has 0 saturated carbocycles. The fraction of sp³-hybridized carbons (Fsp3) is 0.348. The minimum atomic E-state index is -0.140. The molecule has 1 aromatic carbocycles. The Hall–Kier alpha value is -2.98. The highest BCUT2D eigenvalue weighted by atomic mass is 32.2. The number of para-hydroxylation sites is 1. The average Bonchev–Trinajstić information content (AvgIpc) is 3.39. The molecule has 5 rings (SSSR count). The Balaban J connectivity index is 1.38. The monoisotopic (exact) mass is 480 g/mol. The van der Waals surface area contributed by atoms with E-state index in [0.29, 0.717) is 33.5 Å². The first-order valence-corrected chi connectivity index (χ1v) is 12.8. The molecular formula is C23H24N6O2S2. The lowest BCUT2D eigenvalue weighted by atomic mass is 10.0. The van der Waals surface area contributed by atoms with Crippen LogP contribution in [0, 0.1) is 0 Å². The first-order chi connectivity index (χ1) is 16.2. The summed E-state index contributed by atoms with van der Waals surface area (Å²) in [6, 6.07) is 7.35. The molecule has 10 heteroatoms. The lowest BCUT2D eigenvalue weighted by Crippen LogP contribution is -2.22. The second-order valence-electron chi connectivity index (χ2n) is 7.98. The van der Waals surface area contributed by atoms with Crippen molar-refractivity contribution >= 4 is 50.8 Å². The van der Waals surface area contributed by atoms with E-state index < -0.39 is 0 Å². The number of carbonyl (C=O) groups excluding carboxylic acids is 1. The number of benzene rings is 1. The Morgan fingerprint density at radius 3 is 2.85 bits per heavy atom. The van der Waals surface area contributed by atoms with Gasteiger partial charge in [0.1, 0.15) is 0 Å². The van der Waals surface area contributed by atoms with E-state index in [4.69, 9.17) is 0 Å². The zero-order chi connectivity index (χ0) is 22.8. The second kappa shape index (κ2) is 9.48. The first kappa shape index (κ1) is 21.8. The van der Waals surface area contributed by atoms with Crippen LogP contribution in [0.25, 0.3) is 16.7 Å². The predicted octanol–water partition coefficient (Wildman–Crippen LogP) is 4.08. The number of hydrogen-bond donors (Lipinski definition) is 1. The van der Waals surface area contributed by atoms with Crippen molar-refractivity contribution in [2.45, 2.75) is 50.2 Å². The smallest absolute Gasteiger partial charge is 0.263 e. The molecule has 1 amide bonds. The fourth-order valence-electron chi connectivity index (χ4n) is 4.17. The number of rotatable bonds is 6. The SMILES string of the molecule is C=CCn1c(=O)c2ccccc2n2c(SCC(=O)Nc3nc4c(s3)CCCCCC4)nnc12. The molecule has 3 heterocycles. The number of fused-ring (bicyclic) bond motifs is 4. The van der Waals surface area contributed by atoms with Gasteiger partial charge in [-0.05, 0) is 37.8 Å². The van der Waals surface area contributed by atoms with Crippen LogP contribution < -0.4 is 10.9 Å². The third-order valence-corrected chi connectivity index (χ3v) is 7.72. The average molecular weight is 481 g/mol. The van der Waals surface area contributed by atoms with Crippen molar-refractivity contribution in [2.24, 2.45) is 0 Å². The lowest BCUT2D eigenvalue weighted by Gasteiger charge is -2.09. The number of amides is 1. The summed E-state index contributed by atoms with van der Waals surface area (Å²) in [5.74, 6) is 0.461. The highest BCUT2D eigenvalue weighted by Crippen LogP contribution is 2.29. The van der Waals surface area contributed by atoms with Gasteiger partial charge in [-0.1, -0.05) is 42.8 Å². The van der Waals surface area contributed by atoms with Crippen molar-refractivity contribution in [3.63, 3.8) is 0 Å². The van der Waals surface area contributed by atoms with Gasteiger partial charge in [-0.3, -0.25) is 18.6 Å². The van der Waals surface area contributed by atoms with Crippen molar-refractivity contribution in [3.05, 3.63) is 57.8 Å². The minimum Gasteiger partial charge on any atom is -0.301 e. The van der Waals surface area contributed by atoms with Crippen LogP contribution in [-0.2, 0) is 24.2 Å². The number of nitrogens with zero attached hydrogens (tertiary/aromatic N) is 5. The first-order valence-electron chi connectivity index (χ1n) is 11.0. The number of anilines is 1. The van der Waals surface area contributed by atoms with Crippen LogP contribution in [0.15, 0.2) is 46.9 Å². The van der Waals surface area contributed by atoms with Gasteiger partial charge in [0.2, 0.25) is 11.7 Å². The number of aromatic nitrogens is 5. The molecule has 33 heavy (non-hydrogen) atoms. The number of carbonyl (C=O) groups is 1. The molecule has 170 valence electrons. The van der Waals surface area contributed by atoms with E-state index in [1.165, 1.54) is 40.5 Å². The highest BCUT2D eigenvalue weighted by molar-refractivity contribution is 7.99. The number of aryl methyl sites for hydroxylation is 2. The lowest BCUT2D eigenvalue weighted by molar-refractivity contribution is -0.113. The van der Waals surface area contributed by atoms with Gasteiger partial charge >= 0.3 is 0 Å². The molecule has 4 aromatic rings. The summed E-state index contributed by atoms with van der Waals surface area (Å²) in [7, 11) is 0. The van der Waals surface area contributed by atoms with Gasteiger partial charge in [0.25, 0.3) is 5.56 Å². The van der Waals surface area contributed by atoms with E-state index in [1.54, 1.807) is 23.5 Å². The summed E-state index contributed by atoms with van der Waals surface area (Å²) in [4.78, 5) is 31.5. The van der Waals surface area contributed by atoms with Crippen LogP contribution in [0.2, 0.25) is 0 Å². The van der Waals surface area contributed by atoms with Crippen LogP contribution in [0.3, 0.4) is 0 Å². The second-order valence-corrected chi connectivity index (χ2v) is 10.0. The number of thiazole rings is 1. The molecule has 0 radical (unpaired) electrons. The van der Waals surface area contributed by atoms with E-state index in [1.807, 2.05) is 22.6 Å². The van der Waals surface area contributed by atoms with E-state index in [9.17, 15) is 9.59 Å². The maximum Gasteiger partial charge on any atom is 0.263 e. The Morgan fingerprint density at radius 1 is 1.18 bits per heavy atom. The van der Waals surface area contributed by atoms with E-state index >= 15 is 0 Å². The molecule has 0 fully saturated rings. The standard InChI is InChI=1S/C23H24N6O2S2/c1-2-13-28-20(31)15-9-7-8-11-17(15)29-22(28)26-27-23(29)32-14-19(30)25-21-24-16-10-5-3-4-6-12-18(16)33-21/h2,7-9,11H,1,3-6,10,12-14H2,(H,24,25,30). The van der Waals surface area contributed by atoms with Crippen LogP contribution in [0.4, 0.5) is 5.13 Å². The van der Waals surface area contributed by atoms with Crippen molar-refractivity contribution in [2.75, 3.05) is 11.1 Å². The van der Waals surface area contributed by atoms with Gasteiger partial charge in [-0.15, -0.1) is 28.1 Å². The molecule has 0 saturated heterocycles. The number of nitrogens with one attached hydrogen (secondary N) is 1. The maximum atomic E-state index is 12.9. The van der Waals surface area contributed by atoms with Crippen LogP contribution in [0.1, 0.15) is 36.3 Å². The van der Waals surface area contributed by atoms with E-state index in [2.05, 4.69) is 27.1 Å². The van der Waals surface area contributed by atoms with Gasteiger partial charge in [-0.25, -0.2) is 4.98 Å². The zero-order valence-corrected chi connectivity index (χ0v) is 19.8. The van der Waals surface area contributed by atoms with E-state index in [0.717, 1.165) is 25.0 Å². The molecular weight excluding hydrogens is 456 g/mol. The highest BCUT2D eigenvalue weighted by Gasteiger charge is 2.18. The molecule has 1 aliphatic carbocycles. The Labute approximate surface area is 198 Å². The minimum absolute atomic E-state index is 0.137. The molecule has 1 N–H and O–H groups in total. The predicted molar refractivity (Wildman–Crippen MR) is 132 cm³/mol. The molecule has 0 aliphatic heterocycles. The van der Waals surface area contributed by atoms with Gasteiger partial charge in [0.05, 0.1) is 22.3 Å². The maximum absolute atomic E-state index is 12.9. The Morgan fingerprint density at radius 2 is 2.00 bits per heavy atom.